The van der Waals surface area contributed by atoms with Crippen molar-refractivity contribution in [1.29, 1.82) is 0 Å². The Labute approximate surface area is 131 Å². The number of carbonyl (C=O) groups is 1. The van der Waals surface area contributed by atoms with E-state index in [1.807, 2.05) is 6.92 Å². The number of furan rings is 1. The number of anilines is 1. The molecule has 0 spiro atoms. The van der Waals surface area contributed by atoms with Gasteiger partial charge in [0.15, 0.2) is 5.13 Å². The van der Waals surface area contributed by atoms with E-state index in [9.17, 15) is 9.18 Å². The Kier molecular flexibility index (Phi) is 4.20. The first-order chi connectivity index (χ1) is 10.7. The van der Waals surface area contributed by atoms with Crippen LogP contribution in [0.1, 0.15) is 25.5 Å². The Balaban J connectivity index is 1.99. The van der Waals surface area contributed by atoms with Crippen LogP contribution in [0.3, 0.4) is 0 Å². The van der Waals surface area contributed by atoms with Crippen LogP contribution in [0.2, 0.25) is 0 Å². The predicted octanol–water partition coefficient (Wildman–Crippen LogP) is 4.36. The third-order valence-electron chi connectivity index (χ3n) is 3.25. The van der Waals surface area contributed by atoms with Crippen LogP contribution >= 0.6 is 11.3 Å². The zero-order valence-corrected chi connectivity index (χ0v) is 12.9. The summed E-state index contributed by atoms with van der Waals surface area (Å²) in [5, 5.41) is 0.495. The molecule has 1 aromatic carbocycles. The summed E-state index contributed by atoms with van der Waals surface area (Å²) < 4.78 is 19.9. The molecule has 3 rings (SSSR count). The fourth-order valence-electron chi connectivity index (χ4n) is 2.19. The van der Waals surface area contributed by atoms with E-state index in [0.29, 0.717) is 29.4 Å². The summed E-state index contributed by atoms with van der Waals surface area (Å²) >= 11 is 1.31. The lowest BCUT2D eigenvalue weighted by molar-refractivity contribution is -0.118. The fraction of sp³-hybridized carbons (Fsp3) is 0.250. The van der Waals surface area contributed by atoms with Crippen molar-refractivity contribution in [1.82, 2.24) is 4.98 Å². The molecule has 0 unspecified atom stereocenters. The summed E-state index contributed by atoms with van der Waals surface area (Å²) in [5.41, 5.74) is 0.302. The van der Waals surface area contributed by atoms with Gasteiger partial charge in [-0.3, -0.25) is 9.69 Å². The minimum atomic E-state index is -0.374. The summed E-state index contributed by atoms with van der Waals surface area (Å²) in [5.74, 6) is 0.253. The highest BCUT2D eigenvalue weighted by molar-refractivity contribution is 7.22. The lowest BCUT2D eigenvalue weighted by Gasteiger charge is -2.18. The van der Waals surface area contributed by atoms with E-state index in [-0.39, 0.29) is 11.7 Å². The average Bonchev–Trinajstić information content (AvgIpc) is 3.14. The zero-order valence-electron chi connectivity index (χ0n) is 12.1. The average molecular weight is 318 g/mol. The summed E-state index contributed by atoms with van der Waals surface area (Å²) in [7, 11) is 0. The molecule has 0 radical (unpaired) electrons. The minimum absolute atomic E-state index is 0.0432. The van der Waals surface area contributed by atoms with Gasteiger partial charge < -0.3 is 4.42 Å². The maximum absolute atomic E-state index is 13.8. The maximum atomic E-state index is 13.8. The van der Waals surface area contributed by atoms with Gasteiger partial charge in [0.2, 0.25) is 5.91 Å². The Morgan fingerprint density at radius 2 is 2.23 bits per heavy atom. The first kappa shape index (κ1) is 14.7. The van der Waals surface area contributed by atoms with Crippen molar-refractivity contribution in [2.45, 2.75) is 26.3 Å². The molecule has 1 amide bonds. The van der Waals surface area contributed by atoms with E-state index in [0.717, 1.165) is 11.1 Å². The molecule has 2 aromatic heterocycles. The smallest absolute Gasteiger partial charge is 0.229 e. The van der Waals surface area contributed by atoms with Crippen LogP contribution in [0, 0.1) is 5.82 Å². The van der Waals surface area contributed by atoms with Gasteiger partial charge in [-0.2, -0.15) is 0 Å². The van der Waals surface area contributed by atoms with E-state index in [1.165, 1.54) is 17.4 Å². The van der Waals surface area contributed by atoms with Crippen molar-refractivity contribution in [2.75, 3.05) is 4.90 Å². The largest absolute Gasteiger partial charge is 0.467 e. The van der Waals surface area contributed by atoms with Crippen molar-refractivity contribution >= 4 is 32.6 Å². The zero-order chi connectivity index (χ0) is 15.5. The standard InChI is InChI=1S/C16H15FN2O2S/c1-2-5-14(20)19(10-11-6-4-9-21-11)16-18-15-12(17)7-3-8-13(15)22-16/h3-4,6-9H,2,5,10H2,1H3. The SMILES string of the molecule is CCCC(=O)N(Cc1ccco1)c1nc2c(F)cccc2s1. The molecule has 0 fully saturated rings. The Hall–Kier alpha value is -2.21. The van der Waals surface area contributed by atoms with Crippen molar-refractivity contribution in [2.24, 2.45) is 0 Å². The van der Waals surface area contributed by atoms with E-state index >= 15 is 0 Å². The number of fused-ring (bicyclic) bond motifs is 1. The van der Waals surface area contributed by atoms with Crippen LogP contribution < -0.4 is 4.90 Å². The highest BCUT2D eigenvalue weighted by Gasteiger charge is 2.21. The van der Waals surface area contributed by atoms with Gasteiger partial charge in [-0.1, -0.05) is 24.3 Å². The lowest BCUT2D eigenvalue weighted by atomic mass is 10.3. The van der Waals surface area contributed by atoms with E-state index in [2.05, 4.69) is 4.98 Å². The summed E-state index contributed by atoms with van der Waals surface area (Å²) in [4.78, 5) is 18.3. The molecule has 6 heteroatoms. The maximum Gasteiger partial charge on any atom is 0.229 e. The monoisotopic (exact) mass is 318 g/mol. The first-order valence-corrected chi connectivity index (χ1v) is 7.88. The minimum Gasteiger partial charge on any atom is -0.467 e. The number of amides is 1. The van der Waals surface area contributed by atoms with Crippen molar-refractivity contribution in [3.63, 3.8) is 0 Å². The molecule has 4 nitrogen and oxygen atoms in total. The molecule has 0 aliphatic carbocycles. The molecule has 0 aliphatic heterocycles. The van der Waals surface area contributed by atoms with Crippen LogP contribution in [-0.4, -0.2) is 10.9 Å². The molecule has 114 valence electrons. The summed E-state index contributed by atoms with van der Waals surface area (Å²) in [6, 6.07) is 8.39. The second-order valence-corrected chi connectivity index (χ2v) is 5.90. The van der Waals surface area contributed by atoms with E-state index in [4.69, 9.17) is 4.42 Å². The molecular weight excluding hydrogens is 303 g/mol. The number of benzene rings is 1. The number of carbonyl (C=O) groups excluding carboxylic acids is 1. The van der Waals surface area contributed by atoms with Gasteiger partial charge in [0.1, 0.15) is 17.1 Å². The number of hydrogen-bond donors (Lipinski definition) is 0. The summed E-state index contributed by atoms with van der Waals surface area (Å²) in [6.07, 6.45) is 2.72. The number of para-hydroxylation sites is 1. The number of aromatic nitrogens is 1. The van der Waals surface area contributed by atoms with Gasteiger partial charge in [-0.15, -0.1) is 0 Å². The number of halogens is 1. The van der Waals surface area contributed by atoms with Crippen LogP contribution in [-0.2, 0) is 11.3 Å². The van der Waals surface area contributed by atoms with Crippen LogP contribution in [0.15, 0.2) is 41.0 Å². The quantitative estimate of drug-likeness (QED) is 0.702. The molecular formula is C16H15FN2O2S. The molecule has 0 N–H and O–H groups in total. The van der Waals surface area contributed by atoms with E-state index in [1.54, 1.807) is 35.4 Å². The Morgan fingerprint density at radius 3 is 2.91 bits per heavy atom. The number of hydrogen-bond acceptors (Lipinski definition) is 4. The van der Waals surface area contributed by atoms with Crippen LogP contribution in [0.25, 0.3) is 10.2 Å². The van der Waals surface area contributed by atoms with E-state index < -0.39 is 0 Å². The predicted molar refractivity (Wildman–Crippen MR) is 84.4 cm³/mol. The fourth-order valence-corrected chi connectivity index (χ4v) is 3.18. The molecule has 0 saturated heterocycles. The van der Waals surface area contributed by atoms with Crippen molar-refractivity contribution in [3.8, 4) is 0 Å². The van der Waals surface area contributed by atoms with Gasteiger partial charge in [-0.25, -0.2) is 9.37 Å². The van der Waals surface area contributed by atoms with Gasteiger partial charge in [-0.05, 0) is 30.7 Å². The molecule has 0 aliphatic rings. The van der Waals surface area contributed by atoms with Gasteiger partial charge in [0, 0.05) is 6.42 Å². The first-order valence-electron chi connectivity index (χ1n) is 7.07. The number of rotatable bonds is 5. The van der Waals surface area contributed by atoms with Crippen LogP contribution in [0.5, 0.6) is 0 Å². The molecule has 0 saturated carbocycles. The Morgan fingerprint density at radius 1 is 1.36 bits per heavy atom. The number of nitrogens with zero attached hydrogens (tertiary/aromatic N) is 2. The second kappa shape index (κ2) is 6.27. The van der Waals surface area contributed by atoms with Crippen LogP contribution in [0.4, 0.5) is 9.52 Å². The van der Waals surface area contributed by atoms with Gasteiger partial charge in [0.05, 0.1) is 17.5 Å². The van der Waals surface area contributed by atoms with Crippen molar-refractivity contribution in [3.05, 3.63) is 48.2 Å². The highest BCUT2D eigenvalue weighted by Crippen LogP contribution is 2.31. The molecule has 0 atom stereocenters. The van der Waals surface area contributed by atoms with Gasteiger partial charge >= 0.3 is 0 Å². The molecule has 3 aromatic rings. The molecule has 2 heterocycles. The third kappa shape index (κ3) is 2.87. The third-order valence-corrected chi connectivity index (χ3v) is 4.29. The highest BCUT2D eigenvalue weighted by atomic mass is 32.1. The number of thiazole rings is 1. The normalized spacial score (nSPS) is 11.0. The lowest BCUT2D eigenvalue weighted by Crippen LogP contribution is -2.29. The Bertz CT molecular complexity index is 783. The summed E-state index contributed by atoms with van der Waals surface area (Å²) in [6.45, 7) is 2.24. The molecule has 22 heavy (non-hydrogen) atoms. The topological polar surface area (TPSA) is 46.3 Å². The second-order valence-electron chi connectivity index (χ2n) is 4.89. The van der Waals surface area contributed by atoms with Gasteiger partial charge in [0.25, 0.3) is 0 Å². The molecule has 0 bridgehead atoms. The van der Waals surface area contributed by atoms with Crippen molar-refractivity contribution < 1.29 is 13.6 Å².